The molecule has 0 bridgehead atoms. The SMILES string of the molecule is CNC1CCCc2nc(-c3ccc(C)o3)ncc21. The predicted octanol–water partition coefficient (Wildman–Crippen LogP) is 2.64. The average molecular weight is 243 g/mol. The highest BCUT2D eigenvalue weighted by molar-refractivity contribution is 5.48. The maximum Gasteiger partial charge on any atom is 0.195 e. The molecule has 0 fully saturated rings. The molecule has 2 aromatic rings. The first-order chi connectivity index (χ1) is 8.78. The van der Waals surface area contributed by atoms with E-state index in [-0.39, 0.29) is 0 Å². The van der Waals surface area contributed by atoms with Gasteiger partial charge in [0.1, 0.15) is 5.76 Å². The standard InChI is InChI=1S/C14H17N3O/c1-9-6-7-13(18-9)14-16-8-10-11(15-2)4-3-5-12(10)17-14/h6-8,11,15H,3-5H2,1-2H3. The van der Waals surface area contributed by atoms with Crippen molar-refractivity contribution in [2.24, 2.45) is 0 Å². The van der Waals surface area contributed by atoms with Crippen LogP contribution in [0.15, 0.2) is 22.7 Å². The number of hydrogen-bond acceptors (Lipinski definition) is 4. The Labute approximate surface area is 106 Å². The monoisotopic (exact) mass is 243 g/mol. The van der Waals surface area contributed by atoms with Crippen LogP contribution < -0.4 is 5.32 Å². The summed E-state index contributed by atoms with van der Waals surface area (Å²) < 4.78 is 5.57. The fourth-order valence-corrected chi connectivity index (χ4v) is 2.52. The van der Waals surface area contributed by atoms with Crippen molar-refractivity contribution >= 4 is 0 Å². The Bertz CT molecular complexity index is 562. The summed E-state index contributed by atoms with van der Waals surface area (Å²) in [5.74, 6) is 2.33. The zero-order valence-electron chi connectivity index (χ0n) is 10.7. The van der Waals surface area contributed by atoms with E-state index in [1.165, 1.54) is 12.0 Å². The lowest BCUT2D eigenvalue weighted by Gasteiger charge is -2.23. The Morgan fingerprint density at radius 2 is 2.28 bits per heavy atom. The van der Waals surface area contributed by atoms with E-state index in [0.29, 0.717) is 11.9 Å². The summed E-state index contributed by atoms with van der Waals surface area (Å²) in [6, 6.07) is 4.26. The topological polar surface area (TPSA) is 51.0 Å². The fourth-order valence-electron chi connectivity index (χ4n) is 2.52. The van der Waals surface area contributed by atoms with Crippen LogP contribution in [-0.2, 0) is 6.42 Å². The number of fused-ring (bicyclic) bond motifs is 1. The molecule has 18 heavy (non-hydrogen) atoms. The predicted molar refractivity (Wildman–Crippen MR) is 69.2 cm³/mol. The van der Waals surface area contributed by atoms with Gasteiger partial charge in [0.15, 0.2) is 11.6 Å². The Hall–Kier alpha value is -1.68. The van der Waals surface area contributed by atoms with Crippen molar-refractivity contribution in [3.63, 3.8) is 0 Å². The van der Waals surface area contributed by atoms with Gasteiger partial charge in [0.05, 0.1) is 0 Å². The summed E-state index contributed by atoms with van der Waals surface area (Å²) in [6.07, 6.45) is 5.30. The molecule has 3 rings (SSSR count). The molecule has 1 unspecified atom stereocenters. The molecule has 0 aliphatic heterocycles. The second-order valence-corrected chi connectivity index (χ2v) is 4.74. The minimum absolute atomic E-state index is 0.390. The van der Waals surface area contributed by atoms with Gasteiger partial charge in [-0.1, -0.05) is 0 Å². The molecule has 4 nitrogen and oxygen atoms in total. The minimum atomic E-state index is 0.390. The number of hydrogen-bond donors (Lipinski definition) is 1. The summed E-state index contributed by atoms with van der Waals surface area (Å²) in [5.41, 5.74) is 2.38. The second-order valence-electron chi connectivity index (χ2n) is 4.74. The number of furan rings is 1. The first kappa shape index (κ1) is 11.4. The first-order valence-corrected chi connectivity index (χ1v) is 6.38. The van der Waals surface area contributed by atoms with Crippen molar-refractivity contribution < 1.29 is 4.42 Å². The van der Waals surface area contributed by atoms with Gasteiger partial charge < -0.3 is 9.73 Å². The lowest BCUT2D eigenvalue weighted by Crippen LogP contribution is -2.22. The zero-order chi connectivity index (χ0) is 12.5. The van der Waals surface area contributed by atoms with Crippen molar-refractivity contribution in [1.29, 1.82) is 0 Å². The van der Waals surface area contributed by atoms with Crippen molar-refractivity contribution in [1.82, 2.24) is 15.3 Å². The average Bonchev–Trinajstić information content (AvgIpc) is 2.84. The van der Waals surface area contributed by atoms with Gasteiger partial charge in [0.2, 0.25) is 0 Å². The molecule has 0 saturated carbocycles. The zero-order valence-corrected chi connectivity index (χ0v) is 10.7. The first-order valence-electron chi connectivity index (χ1n) is 6.38. The number of aromatic nitrogens is 2. The van der Waals surface area contributed by atoms with E-state index in [2.05, 4.69) is 15.3 Å². The summed E-state index contributed by atoms with van der Waals surface area (Å²) in [5, 5.41) is 3.32. The molecule has 1 N–H and O–H groups in total. The van der Waals surface area contributed by atoms with Gasteiger partial charge in [-0.15, -0.1) is 0 Å². The van der Waals surface area contributed by atoms with Crippen LogP contribution in [0, 0.1) is 6.92 Å². The Morgan fingerprint density at radius 1 is 1.39 bits per heavy atom. The van der Waals surface area contributed by atoms with Gasteiger partial charge >= 0.3 is 0 Å². The third-order valence-electron chi connectivity index (χ3n) is 3.49. The van der Waals surface area contributed by atoms with Crippen LogP contribution in [0.4, 0.5) is 0 Å². The molecule has 1 atom stereocenters. The highest BCUT2D eigenvalue weighted by Gasteiger charge is 2.21. The summed E-state index contributed by atoms with van der Waals surface area (Å²) >= 11 is 0. The van der Waals surface area contributed by atoms with Gasteiger partial charge in [0.25, 0.3) is 0 Å². The Balaban J connectivity index is 2.00. The summed E-state index contributed by atoms with van der Waals surface area (Å²) in [7, 11) is 1.99. The van der Waals surface area contributed by atoms with Gasteiger partial charge in [-0.25, -0.2) is 9.97 Å². The Morgan fingerprint density at radius 3 is 3.00 bits per heavy atom. The maximum atomic E-state index is 5.57. The van der Waals surface area contributed by atoms with Crippen molar-refractivity contribution in [2.45, 2.75) is 32.2 Å². The molecule has 94 valence electrons. The van der Waals surface area contributed by atoms with Crippen molar-refractivity contribution in [3.05, 3.63) is 35.3 Å². The van der Waals surface area contributed by atoms with Crippen molar-refractivity contribution in [3.8, 4) is 11.6 Å². The molecular weight excluding hydrogens is 226 g/mol. The maximum absolute atomic E-state index is 5.57. The molecule has 2 heterocycles. The summed E-state index contributed by atoms with van der Waals surface area (Å²) in [6.45, 7) is 1.93. The van der Waals surface area contributed by atoms with E-state index in [1.807, 2.05) is 32.3 Å². The molecule has 0 aromatic carbocycles. The molecule has 1 aliphatic carbocycles. The highest BCUT2D eigenvalue weighted by Crippen LogP contribution is 2.29. The van der Waals surface area contributed by atoms with Crippen LogP contribution in [0.25, 0.3) is 11.6 Å². The van der Waals surface area contributed by atoms with Crippen molar-refractivity contribution in [2.75, 3.05) is 7.05 Å². The molecule has 4 heteroatoms. The molecule has 0 saturated heterocycles. The normalized spacial score (nSPS) is 18.7. The van der Waals surface area contributed by atoms with E-state index in [1.54, 1.807) is 0 Å². The molecule has 0 spiro atoms. The number of nitrogens with one attached hydrogen (secondary N) is 1. The smallest absolute Gasteiger partial charge is 0.195 e. The van der Waals surface area contributed by atoms with E-state index >= 15 is 0 Å². The third-order valence-corrected chi connectivity index (χ3v) is 3.49. The van der Waals surface area contributed by atoms with Crippen LogP contribution >= 0.6 is 0 Å². The minimum Gasteiger partial charge on any atom is -0.458 e. The van der Waals surface area contributed by atoms with Gasteiger partial charge in [-0.2, -0.15) is 0 Å². The van der Waals surface area contributed by atoms with Gasteiger partial charge in [0, 0.05) is 23.5 Å². The number of aryl methyl sites for hydroxylation is 2. The molecule has 0 radical (unpaired) electrons. The largest absolute Gasteiger partial charge is 0.458 e. The van der Waals surface area contributed by atoms with Crippen LogP contribution in [0.3, 0.4) is 0 Å². The number of rotatable bonds is 2. The van der Waals surface area contributed by atoms with Crippen LogP contribution in [-0.4, -0.2) is 17.0 Å². The van der Waals surface area contributed by atoms with E-state index in [0.717, 1.165) is 30.1 Å². The number of nitrogens with zero attached hydrogens (tertiary/aromatic N) is 2. The van der Waals surface area contributed by atoms with E-state index < -0.39 is 0 Å². The van der Waals surface area contributed by atoms with Gasteiger partial charge in [-0.3, -0.25) is 0 Å². The third kappa shape index (κ3) is 1.93. The van der Waals surface area contributed by atoms with E-state index in [9.17, 15) is 0 Å². The summed E-state index contributed by atoms with van der Waals surface area (Å²) in [4.78, 5) is 9.08. The molecule has 0 amide bonds. The Kier molecular flexibility index (Phi) is 2.88. The fraction of sp³-hybridized carbons (Fsp3) is 0.429. The molecular formula is C14H17N3O. The molecule has 2 aromatic heterocycles. The lowest BCUT2D eigenvalue weighted by atomic mass is 9.92. The van der Waals surface area contributed by atoms with Crippen LogP contribution in [0.2, 0.25) is 0 Å². The highest BCUT2D eigenvalue weighted by atomic mass is 16.3. The molecule has 1 aliphatic rings. The van der Waals surface area contributed by atoms with E-state index in [4.69, 9.17) is 4.42 Å². The second kappa shape index (κ2) is 4.53. The van der Waals surface area contributed by atoms with Gasteiger partial charge in [-0.05, 0) is 45.4 Å². The lowest BCUT2D eigenvalue weighted by molar-refractivity contribution is 0.486. The van der Waals surface area contributed by atoms with Crippen LogP contribution in [0.5, 0.6) is 0 Å². The quantitative estimate of drug-likeness (QED) is 0.881. The van der Waals surface area contributed by atoms with Crippen LogP contribution in [0.1, 0.15) is 35.9 Å².